The van der Waals surface area contributed by atoms with Gasteiger partial charge in [0.25, 0.3) is 0 Å². The molecule has 5 aromatic rings. The molecule has 0 aliphatic carbocycles. The molecule has 53 heavy (non-hydrogen) atoms. The van der Waals surface area contributed by atoms with Gasteiger partial charge in [0.05, 0.1) is 0 Å². The van der Waals surface area contributed by atoms with E-state index in [1.807, 2.05) is 82.3 Å². The molecule has 2 saturated heterocycles. The van der Waals surface area contributed by atoms with Crippen LogP contribution < -0.4 is 31.5 Å². The fourth-order valence-corrected chi connectivity index (χ4v) is 5.81. The Labute approximate surface area is 310 Å². The minimum atomic E-state index is -0.439. The number of hydrogen-bond donors (Lipinski definition) is 4. The molecule has 2 aliphatic heterocycles. The lowest BCUT2D eigenvalue weighted by atomic mass is 10.2. The minimum Gasteiger partial charge on any atom is -0.444 e. The van der Waals surface area contributed by atoms with E-state index < -0.39 is 5.60 Å². The number of nitrogens with one attached hydrogen (secondary N) is 3. The van der Waals surface area contributed by atoms with Gasteiger partial charge in [-0.05, 0) is 100 Å². The van der Waals surface area contributed by atoms with Crippen LogP contribution in [0.15, 0.2) is 91.3 Å². The highest BCUT2D eigenvalue weighted by atomic mass is 16.6. The first-order valence-electron chi connectivity index (χ1n) is 17.9. The number of carbonyl (C=O) groups is 1. The third-order valence-corrected chi connectivity index (χ3v) is 8.48. The smallest absolute Gasteiger partial charge is 0.410 e. The normalized spacial score (nSPS) is 14.5. The van der Waals surface area contributed by atoms with Crippen molar-refractivity contribution in [3.05, 3.63) is 97.0 Å². The van der Waals surface area contributed by atoms with E-state index in [4.69, 9.17) is 10.5 Å². The van der Waals surface area contributed by atoms with Crippen LogP contribution in [-0.2, 0) is 4.74 Å². The Balaban J connectivity index is 0.000000206. The second-order valence-electron chi connectivity index (χ2n) is 13.8. The molecule has 2 aromatic carbocycles. The number of amides is 1. The summed E-state index contributed by atoms with van der Waals surface area (Å²) in [5.41, 5.74) is 11.0. The Bertz CT molecular complexity index is 1940. The summed E-state index contributed by atoms with van der Waals surface area (Å²) in [5.74, 6) is 2.32. The highest BCUT2D eigenvalue weighted by Gasteiger charge is 2.26. The third kappa shape index (κ3) is 10.7. The molecule has 0 unspecified atom stereocenters. The quantitative estimate of drug-likeness (QED) is 0.148. The van der Waals surface area contributed by atoms with Crippen LogP contribution in [0.3, 0.4) is 0 Å². The summed E-state index contributed by atoms with van der Waals surface area (Å²) in [4.78, 5) is 40.7. The SMILES string of the molecule is CC(C)(C)OC(=O)N1CCN(c2ccc(N)cc2)CC1.Cc1cccc(-c2nccc(Nc3ccnc(Nc4ccc(N5CCNCC5)cc4)n3)n2)n1. The first-order chi connectivity index (χ1) is 25.6. The maximum atomic E-state index is 12.0. The second-order valence-corrected chi connectivity index (χ2v) is 13.8. The van der Waals surface area contributed by atoms with Crippen molar-refractivity contribution in [1.29, 1.82) is 0 Å². The number of rotatable bonds is 7. The van der Waals surface area contributed by atoms with E-state index in [-0.39, 0.29) is 6.09 Å². The molecular weight excluding hydrogens is 669 g/mol. The van der Waals surface area contributed by atoms with E-state index in [1.165, 1.54) is 5.69 Å². The molecule has 276 valence electrons. The van der Waals surface area contributed by atoms with Gasteiger partial charge in [0.1, 0.15) is 22.9 Å². The lowest BCUT2D eigenvalue weighted by Gasteiger charge is -2.36. The number of aromatic nitrogens is 5. The zero-order valence-corrected chi connectivity index (χ0v) is 30.8. The first-order valence-corrected chi connectivity index (χ1v) is 17.9. The van der Waals surface area contributed by atoms with E-state index in [9.17, 15) is 4.79 Å². The van der Waals surface area contributed by atoms with Crippen molar-refractivity contribution in [3.63, 3.8) is 0 Å². The van der Waals surface area contributed by atoms with Crippen molar-refractivity contribution < 1.29 is 9.53 Å². The summed E-state index contributed by atoms with van der Waals surface area (Å²) in [6, 6.07) is 25.5. The molecule has 0 spiro atoms. The largest absolute Gasteiger partial charge is 0.444 e. The molecule has 14 nitrogen and oxygen atoms in total. The fourth-order valence-electron chi connectivity index (χ4n) is 5.81. The zero-order valence-electron chi connectivity index (χ0n) is 30.8. The van der Waals surface area contributed by atoms with Crippen molar-refractivity contribution in [2.75, 3.05) is 78.5 Å². The number of pyridine rings is 1. The Kier molecular flexibility index (Phi) is 11.8. The minimum absolute atomic E-state index is 0.227. The Morgan fingerprint density at radius 3 is 2.02 bits per heavy atom. The third-order valence-electron chi connectivity index (χ3n) is 8.48. The first kappa shape index (κ1) is 36.8. The summed E-state index contributed by atoms with van der Waals surface area (Å²) < 4.78 is 5.39. The molecule has 0 bridgehead atoms. The molecule has 3 aromatic heterocycles. The lowest BCUT2D eigenvalue weighted by Crippen LogP contribution is -2.50. The highest BCUT2D eigenvalue weighted by Crippen LogP contribution is 2.23. The Hall–Kier alpha value is -6.02. The van der Waals surface area contributed by atoms with Gasteiger partial charge in [-0.3, -0.25) is 0 Å². The molecule has 2 fully saturated rings. The molecule has 2 aliphatic rings. The van der Waals surface area contributed by atoms with E-state index >= 15 is 0 Å². The van der Waals surface area contributed by atoms with Crippen LogP contribution >= 0.6 is 0 Å². The maximum Gasteiger partial charge on any atom is 0.410 e. The number of carbonyl (C=O) groups excluding carboxylic acids is 1. The fraction of sp³-hybridized carbons (Fsp3) is 0.333. The average molecular weight is 717 g/mol. The number of hydrogen-bond acceptors (Lipinski definition) is 13. The van der Waals surface area contributed by atoms with Crippen molar-refractivity contribution >= 4 is 46.4 Å². The maximum absolute atomic E-state index is 12.0. The van der Waals surface area contributed by atoms with Gasteiger partial charge in [0.2, 0.25) is 5.95 Å². The molecule has 0 atom stereocenters. The monoisotopic (exact) mass is 716 g/mol. The summed E-state index contributed by atoms with van der Waals surface area (Å²) >= 11 is 0. The van der Waals surface area contributed by atoms with Crippen molar-refractivity contribution in [1.82, 2.24) is 35.1 Å². The number of nitrogen functional groups attached to an aromatic ring is 1. The summed E-state index contributed by atoms with van der Waals surface area (Å²) in [6.07, 6.45) is 3.18. The zero-order chi connectivity index (χ0) is 37.2. The molecule has 14 heteroatoms. The Morgan fingerprint density at radius 2 is 1.36 bits per heavy atom. The van der Waals surface area contributed by atoms with Crippen molar-refractivity contribution in [2.24, 2.45) is 0 Å². The van der Waals surface area contributed by atoms with Gasteiger partial charge < -0.3 is 41.1 Å². The van der Waals surface area contributed by atoms with Gasteiger partial charge in [-0.25, -0.2) is 24.7 Å². The van der Waals surface area contributed by atoms with E-state index in [0.29, 0.717) is 36.5 Å². The summed E-state index contributed by atoms with van der Waals surface area (Å²) in [6.45, 7) is 14.7. The number of nitrogens with two attached hydrogens (primary N) is 1. The number of anilines is 7. The van der Waals surface area contributed by atoms with Crippen molar-refractivity contribution in [2.45, 2.75) is 33.3 Å². The van der Waals surface area contributed by atoms with Gasteiger partial charge in [-0.2, -0.15) is 4.98 Å². The molecule has 7 rings (SSSR count). The number of nitrogens with zero attached hydrogens (tertiary/aromatic N) is 8. The van der Waals surface area contributed by atoms with Crippen LogP contribution in [0.5, 0.6) is 0 Å². The number of aryl methyl sites for hydroxylation is 1. The van der Waals surface area contributed by atoms with E-state index in [1.54, 1.807) is 29.4 Å². The van der Waals surface area contributed by atoms with Crippen LogP contribution in [-0.4, -0.2) is 93.9 Å². The van der Waals surface area contributed by atoms with Crippen LogP contribution in [0.2, 0.25) is 0 Å². The second kappa shape index (κ2) is 17.0. The summed E-state index contributed by atoms with van der Waals surface area (Å²) in [7, 11) is 0. The lowest BCUT2D eigenvalue weighted by molar-refractivity contribution is 0.0240. The van der Waals surface area contributed by atoms with Gasteiger partial charge in [0, 0.05) is 93.2 Å². The summed E-state index contributed by atoms with van der Waals surface area (Å²) in [5, 5.41) is 9.87. The molecule has 0 saturated carbocycles. The predicted octanol–water partition coefficient (Wildman–Crippen LogP) is 5.86. The van der Waals surface area contributed by atoms with Gasteiger partial charge in [0.15, 0.2) is 5.82 Å². The van der Waals surface area contributed by atoms with Gasteiger partial charge in [-0.1, -0.05) is 6.07 Å². The van der Waals surface area contributed by atoms with Gasteiger partial charge in [-0.15, -0.1) is 0 Å². The van der Waals surface area contributed by atoms with E-state index in [0.717, 1.165) is 67.7 Å². The molecule has 5 N–H and O–H groups in total. The van der Waals surface area contributed by atoms with Gasteiger partial charge >= 0.3 is 6.09 Å². The topological polar surface area (TPSA) is 163 Å². The van der Waals surface area contributed by atoms with Crippen LogP contribution in [0.1, 0.15) is 26.5 Å². The number of benzene rings is 2. The van der Waals surface area contributed by atoms with Crippen LogP contribution in [0.4, 0.5) is 45.1 Å². The van der Waals surface area contributed by atoms with E-state index in [2.05, 4.69) is 62.8 Å². The van der Waals surface area contributed by atoms with Crippen molar-refractivity contribution in [3.8, 4) is 11.5 Å². The van der Waals surface area contributed by atoms with Crippen LogP contribution in [0, 0.1) is 6.92 Å². The highest BCUT2D eigenvalue weighted by molar-refractivity contribution is 5.69. The molecular formula is C39H48N12O2. The standard InChI is InChI=1S/C24H25N9.C15H23N3O2/c1-17-3-2-4-20(28-17)23-26-11-9-21(31-23)30-22-10-12-27-24(32-22)29-18-5-7-19(8-6-18)33-15-13-25-14-16-33;1-15(2,3)20-14(19)18-10-8-17(9-11-18)13-6-4-12(16)5-7-13/h2-12,25H,13-16H2,1H3,(H2,26,27,29,30,31,32);4-7H,8-11,16H2,1-3H3. The van der Waals surface area contributed by atoms with Crippen LogP contribution in [0.25, 0.3) is 11.5 Å². The number of piperazine rings is 2. The average Bonchev–Trinajstić information content (AvgIpc) is 3.16. The number of ether oxygens (including phenoxy) is 1. The molecule has 0 radical (unpaired) electrons. The molecule has 1 amide bonds. The molecule has 5 heterocycles. The Morgan fingerprint density at radius 1 is 0.736 bits per heavy atom. The predicted molar refractivity (Wildman–Crippen MR) is 211 cm³/mol.